The van der Waals surface area contributed by atoms with Gasteiger partial charge >= 0.3 is 0 Å². The number of nitrogens with two attached hydrogens (primary N) is 1. The van der Waals surface area contributed by atoms with E-state index in [1.807, 2.05) is 12.1 Å². The lowest BCUT2D eigenvalue weighted by Gasteiger charge is -1.99. The van der Waals surface area contributed by atoms with Crippen LogP contribution in [-0.4, -0.2) is 15.5 Å². The molecule has 2 N–H and O–H groups in total. The number of hydrogen-bond donors (Lipinski definition) is 1. The fourth-order valence-electron chi connectivity index (χ4n) is 0.938. The van der Waals surface area contributed by atoms with Gasteiger partial charge in [0.2, 0.25) is 0 Å². The summed E-state index contributed by atoms with van der Waals surface area (Å²) in [5.74, 6) is 0.502. The smallest absolute Gasteiger partial charge is 0.0397 e. The van der Waals surface area contributed by atoms with Crippen molar-refractivity contribution in [2.75, 3.05) is 5.73 Å². The number of aromatic nitrogens is 4. The molecular formula is C7H6N5-. The van der Waals surface area contributed by atoms with Crippen LogP contribution in [0.15, 0.2) is 24.3 Å². The van der Waals surface area contributed by atoms with Crippen LogP contribution in [0, 0.1) is 0 Å². The highest BCUT2D eigenvalue weighted by Gasteiger charge is 1.93. The van der Waals surface area contributed by atoms with E-state index in [1.54, 1.807) is 12.1 Å². The van der Waals surface area contributed by atoms with E-state index in [1.165, 1.54) is 0 Å². The first-order chi connectivity index (χ1) is 5.86. The summed E-state index contributed by atoms with van der Waals surface area (Å²) >= 11 is 0. The molecule has 0 fully saturated rings. The van der Waals surface area contributed by atoms with E-state index in [0.29, 0.717) is 11.5 Å². The summed E-state index contributed by atoms with van der Waals surface area (Å²) in [6.07, 6.45) is 0. The van der Waals surface area contributed by atoms with Crippen LogP contribution < -0.4 is 10.8 Å². The molecule has 2 rings (SSSR count). The fraction of sp³-hybridized carbons (Fsp3) is 0. The third kappa shape index (κ3) is 1.12. The van der Waals surface area contributed by atoms with E-state index in [-0.39, 0.29) is 0 Å². The highest BCUT2D eigenvalue weighted by atomic mass is 15.5. The molecule has 0 amide bonds. The van der Waals surface area contributed by atoms with Crippen molar-refractivity contribution in [3.63, 3.8) is 0 Å². The largest absolute Gasteiger partial charge is 0.399 e. The third-order valence-electron chi connectivity index (χ3n) is 1.46. The zero-order valence-corrected chi connectivity index (χ0v) is 6.18. The lowest BCUT2D eigenvalue weighted by Crippen LogP contribution is -1.87. The summed E-state index contributed by atoms with van der Waals surface area (Å²) in [6, 6.07) is 7.27. The van der Waals surface area contributed by atoms with Crippen LogP contribution in [-0.2, 0) is 0 Å². The maximum atomic E-state index is 5.57. The number of nitrogen functional groups attached to an aromatic ring is 1. The van der Waals surface area contributed by atoms with Gasteiger partial charge in [-0.2, -0.15) is 5.21 Å². The topological polar surface area (TPSA) is 78.8 Å². The Morgan fingerprint density at radius 3 is 2.92 bits per heavy atom. The molecule has 0 radical (unpaired) electrons. The minimum absolute atomic E-state index is 0.502. The first-order valence-electron chi connectivity index (χ1n) is 3.41. The van der Waals surface area contributed by atoms with Gasteiger partial charge in [-0.15, -0.1) is 0 Å². The highest BCUT2D eigenvalue weighted by Crippen LogP contribution is 2.14. The molecule has 0 saturated carbocycles. The molecule has 2 aromatic rings. The van der Waals surface area contributed by atoms with Crippen LogP contribution in [0.2, 0.25) is 0 Å². The number of rotatable bonds is 1. The number of hydrogen-bond acceptors (Lipinski definition) is 4. The second-order valence-electron chi connectivity index (χ2n) is 2.33. The van der Waals surface area contributed by atoms with Crippen molar-refractivity contribution in [3.8, 4) is 11.4 Å². The summed E-state index contributed by atoms with van der Waals surface area (Å²) in [4.78, 5) is 0. The molecule has 60 valence electrons. The lowest BCUT2D eigenvalue weighted by atomic mass is 10.2. The number of nitrogens with zero attached hydrogens (tertiary/aromatic N) is 4. The molecule has 0 saturated heterocycles. The van der Waals surface area contributed by atoms with Gasteiger partial charge in [-0.25, -0.2) is 0 Å². The van der Waals surface area contributed by atoms with Gasteiger partial charge in [0.1, 0.15) is 0 Å². The van der Waals surface area contributed by atoms with Crippen LogP contribution >= 0.6 is 0 Å². The minimum Gasteiger partial charge on any atom is -0.399 e. The third-order valence-corrected chi connectivity index (χ3v) is 1.46. The van der Waals surface area contributed by atoms with Crippen LogP contribution in [0.4, 0.5) is 5.69 Å². The number of benzene rings is 1. The van der Waals surface area contributed by atoms with Gasteiger partial charge < -0.3 is 10.8 Å². The SMILES string of the molecule is Nc1cccc(-c2nnn[n-]2)c1. The molecule has 0 unspecified atom stereocenters. The average Bonchev–Trinajstić information content (AvgIpc) is 2.56. The maximum Gasteiger partial charge on any atom is 0.0397 e. The number of tetrazole rings is 1. The second kappa shape index (κ2) is 2.61. The van der Waals surface area contributed by atoms with Crippen molar-refractivity contribution in [2.45, 2.75) is 0 Å². The second-order valence-corrected chi connectivity index (χ2v) is 2.33. The van der Waals surface area contributed by atoms with E-state index in [2.05, 4.69) is 20.6 Å². The van der Waals surface area contributed by atoms with E-state index in [0.717, 1.165) is 5.56 Å². The summed E-state index contributed by atoms with van der Waals surface area (Å²) in [5.41, 5.74) is 7.08. The molecule has 0 aliphatic rings. The van der Waals surface area contributed by atoms with Crippen LogP contribution in [0.1, 0.15) is 0 Å². The lowest BCUT2D eigenvalue weighted by molar-refractivity contribution is 0.871. The van der Waals surface area contributed by atoms with Crippen molar-refractivity contribution in [1.82, 2.24) is 20.6 Å². The van der Waals surface area contributed by atoms with E-state index in [9.17, 15) is 0 Å². The van der Waals surface area contributed by atoms with E-state index in [4.69, 9.17) is 5.73 Å². The molecule has 0 atom stereocenters. The standard InChI is InChI=1S/C7H6N5/c8-6-3-1-2-5(4-6)7-9-11-12-10-7/h1-4H,8H2/q-1. The molecule has 12 heavy (non-hydrogen) atoms. The predicted molar refractivity (Wildman–Crippen MR) is 43.0 cm³/mol. The molecule has 1 aromatic heterocycles. The van der Waals surface area contributed by atoms with Gasteiger partial charge in [-0.05, 0) is 17.7 Å². The summed E-state index contributed by atoms with van der Waals surface area (Å²) in [7, 11) is 0. The Hall–Kier alpha value is -1.91. The quantitative estimate of drug-likeness (QED) is 0.597. The van der Waals surface area contributed by atoms with Crippen LogP contribution in [0.25, 0.3) is 11.4 Å². The van der Waals surface area contributed by atoms with Gasteiger partial charge in [0.25, 0.3) is 0 Å². The van der Waals surface area contributed by atoms with Gasteiger partial charge in [0.05, 0.1) is 0 Å². The molecule has 1 heterocycles. The molecular weight excluding hydrogens is 154 g/mol. The molecule has 5 heteroatoms. The van der Waals surface area contributed by atoms with Crippen LogP contribution in [0.3, 0.4) is 0 Å². The Balaban J connectivity index is 2.48. The fourth-order valence-corrected chi connectivity index (χ4v) is 0.938. The Morgan fingerprint density at radius 2 is 2.25 bits per heavy atom. The monoisotopic (exact) mass is 160 g/mol. The van der Waals surface area contributed by atoms with E-state index < -0.39 is 0 Å². The van der Waals surface area contributed by atoms with Gasteiger partial charge in [-0.3, -0.25) is 10.3 Å². The number of anilines is 1. The summed E-state index contributed by atoms with van der Waals surface area (Å²) in [5, 5.41) is 14.2. The predicted octanol–water partition coefficient (Wildman–Crippen LogP) is 0.0780. The summed E-state index contributed by atoms with van der Waals surface area (Å²) in [6.45, 7) is 0. The van der Waals surface area contributed by atoms with Crippen molar-refractivity contribution >= 4 is 5.69 Å². The normalized spacial score (nSPS) is 10.0. The Bertz CT molecular complexity index is 367. The first-order valence-corrected chi connectivity index (χ1v) is 3.41. The van der Waals surface area contributed by atoms with Crippen LogP contribution in [0.5, 0.6) is 0 Å². The van der Waals surface area contributed by atoms with Crippen molar-refractivity contribution in [2.24, 2.45) is 0 Å². The van der Waals surface area contributed by atoms with Crippen molar-refractivity contribution in [1.29, 1.82) is 0 Å². The Kier molecular flexibility index (Phi) is 1.48. The first kappa shape index (κ1) is 6.78. The van der Waals surface area contributed by atoms with Gasteiger partial charge in [0.15, 0.2) is 0 Å². The molecule has 0 bridgehead atoms. The summed E-state index contributed by atoms with van der Waals surface area (Å²) < 4.78 is 0. The van der Waals surface area contributed by atoms with Gasteiger partial charge in [-0.1, -0.05) is 12.1 Å². The van der Waals surface area contributed by atoms with Crippen molar-refractivity contribution in [3.05, 3.63) is 24.3 Å². The zero-order chi connectivity index (χ0) is 8.39. The molecule has 0 aliphatic heterocycles. The van der Waals surface area contributed by atoms with Crippen molar-refractivity contribution < 1.29 is 0 Å². The molecule has 0 spiro atoms. The Morgan fingerprint density at radius 1 is 1.33 bits per heavy atom. The minimum atomic E-state index is 0.502. The maximum absolute atomic E-state index is 5.57. The molecule has 5 nitrogen and oxygen atoms in total. The Labute approximate surface area is 68.6 Å². The van der Waals surface area contributed by atoms with Gasteiger partial charge in [0, 0.05) is 11.5 Å². The molecule has 1 aromatic carbocycles. The zero-order valence-electron chi connectivity index (χ0n) is 6.18. The highest BCUT2D eigenvalue weighted by molar-refractivity contribution is 5.59. The average molecular weight is 160 g/mol. The molecule has 0 aliphatic carbocycles. The van der Waals surface area contributed by atoms with E-state index >= 15 is 0 Å².